The second-order valence-electron chi connectivity index (χ2n) is 7.07. The Morgan fingerprint density at radius 1 is 1.04 bits per heavy atom. The number of hydrogen-bond donors (Lipinski definition) is 0. The quantitative estimate of drug-likeness (QED) is 0.468. The molecule has 1 aromatic heterocycles. The fourth-order valence-electron chi connectivity index (χ4n) is 2.65. The van der Waals surface area contributed by atoms with E-state index >= 15 is 0 Å². The molecule has 144 valence electrons. The van der Waals surface area contributed by atoms with Crippen molar-refractivity contribution in [1.29, 1.82) is 0 Å². The molecule has 0 aliphatic heterocycles. The monoisotopic (exact) mass is 467 g/mol. The maximum Gasteiger partial charge on any atom is 0.265 e. The van der Waals surface area contributed by atoms with Crippen molar-refractivity contribution in [3.8, 4) is 0 Å². The third-order valence-electron chi connectivity index (χ3n) is 3.91. The third-order valence-corrected chi connectivity index (χ3v) is 8.09. The van der Waals surface area contributed by atoms with Crippen LogP contribution >= 0.6 is 27.3 Å². The van der Waals surface area contributed by atoms with Gasteiger partial charge in [0, 0.05) is 10.1 Å². The molecule has 3 rings (SSSR count). The second kappa shape index (κ2) is 7.91. The number of sulfonamides is 1. The molecular formula is C20H22BrNO3S2. The zero-order valence-electron chi connectivity index (χ0n) is 15.5. The lowest BCUT2D eigenvalue weighted by atomic mass is 10.2. The molecule has 0 N–H and O–H groups in total. The Balaban J connectivity index is 2.05. The standard InChI is InChI=1S/C20H22BrNO3S2/c1-20(2,3)25-14-13-22(27(23,24)15-9-5-4-6-10-15)19-18(21)16-11-7-8-12-17(16)26-19/h4-12H,13-14H2,1-3H3. The van der Waals surface area contributed by atoms with E-state index in [4.69, 9.17) is 4.74 Å². The molecule has 1 heterocycles. The van der Waals surface area contributed by atoms with E-state index in [-0.39, 0.29) is 17.0 Å². The summed E-state index contributed by atoms with van der Waals surface area (Å²) < 4.78 is 35.8. The number of benzene rings is 2. The highest BCUT2D eigenvalue weighted by molar-refractivity contribution is 9.10. The van der Waals surface area contributed by atoms with Gasteiger partial charge in [-0.3, -0.25) is 4.31 Å². The molecule has 0 bridgehead atoms. The van der Waals surface area contributed by atoms with Crippen molar-refractivity contribution in [2.45, 2.75) is 31.3 Å². The summed E-state index contributed by atoms with van der Waals surface area (Å²) in [4.78, 5) is 0.269. The van der Waals surface area contributed by atoms with Crippen LogP contribution < -0.4 is 4.31 Å². The van der Waals surface area contributed by atoms with E-state index < -0.39 is 10.0 Å². The van der Waals surface area contributed by atoms with Crippen LogP contribution in [0.15, 0.2) is 64.0 Å². The van der Waals surface area contributed by atoms with Gasteiger partial charge in [0.05, 0.1) is 28.1 Å². The first-order valence-corrected chi connectivity index (χ1v) is 11.6. The molecule has 0 spiro atoms. The van der Waals surface area contributed by atoms with Crippen LogP contribution in [-0.2, 0) is 14.8 Å². The van der Waals surface area contributed by atoms with Gasteiger partial charge in [0.1, 0.15) is 5.00 Å². The van der Waals surface area contributed by atoms with Crippen molar-refractivity contribution in [1.82, 2.24) is 0 Å². The number of nitrogens with zero attached hydrogens (tertiary/aromatic N) is 1. The van der Waals surface area contributed by atoms with Crippen LogP contribution in [0.1, 0.15) is 20.8 Å². The Bertz CT molecular complexity index is 1020. The predicted octanol–water partition coefficient (Wildman–Crippen LogP) is 5.67. The summed E-state index contributed by atoms with van der Waals surface area (Å²) in [7, 11) is -3.71. The van der Waals surface area contributed by atoms with E-state index in [2.05, 4.69) is 15.9 Å². The predicted molar refractivity (Wildman–Crippen MR) is 116 cm³/mol. The Hall–Kier alpha value is -1.41. The molecule has 0 fully saturated rings. The highest BCUT2D eigenvalue weighted by Crippen LogP contribution is 2.43. The molecule has 7 heteroatoms. The molecule has 0 unspecified atom stereocenters. The topological polar surface area (TPSA) is 46.6 Å². The smallest absolute Gasteiger partial charge is 0.265 e. The van der Waals surface area contributed by atoms with Gasteiger partial charge in [-0.1, -0.05) is 36.4 Å². The van der Waals surface area contributed by atoms with Crippen LogP contribution in [0.4, 0.5) is 5.00 Å². The molecule has 0 aliphatic rings. The highest BCUT2D eigenvalue weighted by atomic mass is 79.9. The van der Waals surface area contributed by atoms with Gasteiger partial charge in [-0.05, 0) is 54.9 Å². The molecule has 0 amide bonds. The second-order valence-corrected chi connectivity index (χ2v) is 10.8. The molecule has 0 atom stereocenters. The summed E-state index contributed by atoms with van der Waals surface area (Å²) in [5, 5.41) is 1.67. The van der Waals surface area contributed by atoms with Crippen LogP contribution in [0.5, 0.6) is 0 Å². The normalized spacial score (nSPS) is 12.4. The van der Waals surface area contributed by atoms with Crippen molar-refractivity contribution in [3.05, 3.63) is 59.1 Å². The fourth-order valence-corrected chi connectivity index (χ4v) is 6.51. The van der Waals surface area contributed by atoms with Gasteiger partial charge in [-0.2, -0.15) is 0 Å². The number of ether oxygens (including phenoxy) is 1. The van der Waals surface area contributed by atoms with Crippen LogP contribution in [0, 0.1) is 0 Å². The van der Waals surface area contributed by atoms with Crippen molar-refractivity contribution in [2.75, 3.05) is 17.5 Å². The first-order chi connectivity index (χ1) is 12.7. The Morgan fingerprint density at radius 3 is 2.30 bits per heavy atom. The zero-order valence-corrected chi connectivity index (χ0v) is 18.7. The zero-order chi connectivity index (χ0) is 19.7. The molecule has 0 radical (unpaired) electrons. The Labute approximate surface area is 173 Å². The van der Waals surface area contributed by atoms with Crippen molar-refractivity contribution < 1.29 is 13.2 Å². The van der Waals surface area contributed by atoms with E-state index in [9.17, 15) is 8.42 Å². The number of anilines is 1. The first kappa shape index (κ1) is 20.3. The largest absolute Gasteiger partial charge is 0.374 e. The molecular weight excluding hydrogens is 446 g/mol. The molecule has 3 aromatic rings. The SMILES string of the molecule is CC(C)(C)OCCN(c1sc2ccccc2c1Br)S(=O)(=O)c1ccccc1. The number of rotatable bonds is 6. The van der Waals surface area contributed by atoms with Crippen LogP contribution in [-0.4, -0.2) is 27.2 Å². The van der Waals surface area contributed by atoms with Crippen molar-refractivity contribution in [3.63, 3.8) is 0 Å². The molecule has 0 saturated heterocycles. The third kappa shape index (κ3) is 4.54. The van der Waals surface area contributed by atoms with Crippen LogP contribution in [0.2, 0.25) is 0 Å². The average Bonchev–Trinajstić information content (AvgIpc) is 2.95. The highest BCUT2D eigenvalue weighted by Gasteiger charge is 2.29. The lowest BCUT2D eigenvalue weighted by molar-refractivity contribution is 0.00234. The van der Waals surface area contributed by atoms with Gasteiger partial charge in [-0.15, -0.1) is 11.3 Å². The molecule has 27 heavy (non-hydrogen) atoms. The molecule has 0 saturated carbocycles. The van der Waals surface area contributed by atoms with Gasteiger partial charge in [0.15, 0.2) is 0 Å². The van der Waals surface area contributed by atoms with Crippen molar-refractivity contribution in [2.24, 2.45) is 0 Å². The van der Waals surface area contributed by atoms with Crippen LogP contribution in [0.3, 0.4) is 0 Å². The van der Waals surface area contributed by atoms with Gasteiger partial charge < -0.3 is 4.74 Å². The number of hydrogen-bond acceptors (Lipinski definition) is 4. The first-order valence-electron chi connectivity index (χ1n) is 8.59. The minimum atomic E-state index is -3.71. The maximum atomic E-state index is 13.4. The minimum Gasteiger partial charge on any atom is -0.374 e. The lowest BCUT2D eigenvalue weighted by Crippen LogP contribution is -2.35. The fraction of sp³-hybridized carbons (Fsp3) is 0.300. The van der Waals surface area contributed by atoms with Gasteiger partial charge >= 0.3 is 0 Å². The summed E-state index contributed by atoms with van der Waals surface area (Å²) in [6.07, 6.45) is 0. The summed E-state index contributed by atoms with van der Waals surface area (Å²) in [6.45, 7) is 6.41. The molecule has 0 aliphatic carbocycles. The van der Waals surface area contributed by atoms with Gasteiger partial charge in [0.2, 0.25) is 0 Å². The van der Waals surface area contributed by atoms with E-state index in [0.29, 0.717) is 11.6 Å². The van der Waals surface area contributed by atoms with E-state index in [1.165, 1.54) is 15.6 Å². The van der Waals surface area contributed by atoms with Crippen molar-refractivity contribution >= 4 is 52.4 Å². The summed E-state index contributed by atoms with van der Waals surface area (Å²) >= 11 is 5.07. The Kier molecular flexibility index (Phi) is 5.96. The average molecular weight is 468 g/mol. The van der Waals surface area contributed by atoms with E-state index in [1.54, 1.807) is 30.3 Å². The lowest BCUT2D eigenvalue weighted by Gasteiger charge is -2.26. The molecule has 2 aromatic carbocycles. The summed E-state index contributed by atoms with van der Waals surface area (Å²) in [6, 6.07) is 16.4. The Morgan fingerprint density at radius 2 is 1.67 bits per heavy atom. The van der Waals surface area contributed by atoms with E-state index in [0.717, 1.165) is 14.6 Å². The number of fused-ring (bicyclic) bond motifs is 1. The van der Waals surface area contributed by atoms with E-state index in [1.807, 2.05) is 45.0 Å². The summed E-state index contributed by atoms with van der Waals surface area (Å²) in [5.74, 6) is 0. The molecule has 4 nitrogen and oxygen atoms in total. The maximum absolute atomic E-state index is 13.4. The van der Waals surface area contributed by atoms with Crippen LogP contribution in [0.25, 0.3) is 10.1 Å². The minimum absolute atomic E-state index is 0.236. The van der Waals surface area contributed by atoms with Gasteiger partial charge in [0.25, 0.3) is 10.0 Å². The van der Waals surface area contributed by atoms with Gasteiger partial charge in [-0.25, -0.2) is 8.42 Å². The number of thiophene rings is 1. The number of halogens is 1. The summed E-state index contributed by atoms with van der Waals surface area (Å²) in [5.41, 5.74) is -0.334.